The van der Waals surface area contributed by atoms with Crippen LogP contribution in [-0.4, -0.2) is 18.2 Å². The number of nitrogens with zero attached hydrogens (tertiary/aromatic N) is 1. The van der Waals surface area contributed by atoms with Crippen LogP contribution in [0.1, 0.15) is 26.3 Å². The molecule has 0 bridgehead atoms. The number of rotatable bonds is 4. The smallest absolute Gasteiger partial charge is 0.407 e. The van der Waals surface area contributed by atoms with Crippen LogP contribution in [0.3, 0.4) is 0 Å². The van der Waals surface area contributed by atoms with Crippen molar-refractivity contribution in [2.45, 2.75) is 26.4 Å². The molecule has 0 aliphatic carbocycles. The van der Waals surface area contributed by atoms with Gasteiger partial charge in [-0.25, -0.2) is 9.18 Å². The Morgan fingerprint density at radius 1 is 1.45 bits per heavy atom. The molecule has 0 radical (unpaired) electrons. The molecule has 1 aromatic carbocycles. The summed E-state index contributed by atoms with van der Waals surface area (Å²) in [5.74, 6) is -0.413. The Hall–Kier alpha value is -2.24. The molecule has 5 nitrogen and oxygen atoms in total. The highest BCUT2D eigenvalue weighted by atomic mass is 19.1. The summed E-state index contributed by atoms with van der Waals surface area (Å²) in [6, 6.07) is 5.70. The molecule has 0 spiro atoms. The summed E-state index contributed by atoms with van der Waals surface area (Å²) in [7, 11) is 0. The minimum atomic E-state index is -0.647. The lowest BCUT2D eigenvalue weighted by atomic mass is 10.2. The molecule has 1 rings (SSSR count). The van der Waals surface area contributed by atoms with Crippen LogP contribution in [0.25, 0.3) is 6.08 Å². The quantitative estimate of drug-likeness (QED) is 0.859. The topological polar surface area (TPSA) is 67.8 Å². The van der Waals surface area contributed by atoms with E-state index in [1.54, 1.807) is 26.8 Å². The molecule has 0 heterocycles. The number of halogens is 1. The van der Waals surface area contributed by atoms with Crippen LogP contribution in [0, 0.1) is 10.7 Å². The van der Waals surface area contributed by atoms with E-state index >= 15 is 0 Å². The Morgan fingerprint density at radius 3 is 2.70 bits per heavy atom. The number of amides is 1. The van der Waals surface area contributed by atoms with Crippen LogP contribution in [0.4, 0.5) is 9.18 Å². The van der Waals surface area contributed by atoms with Gasteiger partial charge in [0.05, 0.1) is 6.54 Å². The standard InChI is InChI=1S/C14H17FN2O3/c1-14(2,3)20-13(18)16-9-12(17-19)8-10-5-4-6-11(15)7-10/h4-8H,9H2,1-3H3,(H,16,18)/b12-8-. The molecule has 20 heavy (non-hydrogen) atoms. The Labute approximate surface area is 116 Å². The SMILES string of the molecule is CC(C)(C)OC(=O)NC/C(=C/c1cccc(F)c1)N=O. The zero-order valence-corrected chi connectivity index (χ0v) is 11.6. The van der Waals surface area contributed by atoms with E-state index in [4.69, 9.17) is 4.74 Å². The molecule has 0 atom stereocenters. The number of carbonyl (C=O) groups excluding carboxylic acids is 1. The predicted octanol–water partition coefficient (Wildman–Crippen LogP) is 3.46. The van der Waals surface area contributed by atoms with Gasteiger partial charge in [-0.1, -0.05) is 12.1 Å². The molecule has 0 saturated carbocycles. The minimum absolute atomic E-state index is 0.0708. The molecular formula is C14H17FN2O3. The van der Waals surface area contributed by atoms with E-state index in [9.17, 15) is 14.1 Å². The summed E-state index contributed by atoms with van der Waals surface area (Å²) in [5, 5.41) is 5.21. The number of hydrogen-bond donors (Lipinski definition) is 1. The first-order valence-electron chi connectivity index (χ1n) is 6.06. The van der Waals surface area contributed by atoms with E-state index in [1.807, 2.05) is 0 Å². The normalized spacial score (nSPS) is 11.9. The van der Waals surface area contributed by atoms with E-state index in [2.05, 4.69) is 10.5 Å². The lowest BCUT2D eigenvalue weighted by molar-refractivity contribution is 0.0532. The third kappa shape index (κ3) is 6.08. The van der Waals surface area contributed by atoms with Crippen molar-refractivity contribution in [2.75, 3.05) is 6.54 Å². The Kier molecular flexibility index (Phi) is 5.37. The molecule has 1 N–H and O–H groups in total. The van der Waals surface area contributed by atoms with Crippen molar-refractivity contribution in [1.82, 2.24) is 5.32 Å². The summed E-state index contributed by atoms with van der Waals surface area (Å²) < 4.78 is 18.0. The molecule has 1 amide bonds. The molecule has 1 aromatic rings. The fourth-order valence-electron chi connectivity index (χ4n) is 1.38. The molecule has 0 fully saturated rings. The van der Waals surface area contributed by atoms with Crippen LogP contribution in [0.15, 0.2) is 35.1 Å². The maximum atomic E-state index is 13.0. The van der Waals surface area contributed by atoms with Crippen molar-refractivity contribution in [1.29, 1.82) is 0 Å². The first-order valence-corrected chi connectivity index (χ1v) is 6.06. The zero-order chi connectivity index (χ0) is 15.2. The van der Waals surface area contributed by atoms with Crippen molar-refractivity contribution >= 4 is 12.2 Å². The summed E-state index contributed by atoms with van der Waals surface area (Å²) in [5.41, 5.74) is -0.0578. The molecule has 0 aromatic heterocycles. The second-order valence-electron chi connectivity index (χ2n) is 5.14. The minimum Gasteiger partial charge on any atom is -0.444 e. The largest absolute Gasteiger partial charge is 0.444 e. The third-order valence-electron chi connectivity index (χ3n) is 2.11. The van der Waals surface area contributed by atoms with Crippen molar-refractivity contribution in [2.24, 2.45) is 5.18 Å². The van der Waals surface area contributed by atoms with Crippen LogP contribution in [-0.2, 0) is 4.74 Å². The van der Waals surface area contributed by atoms with Gasteiger partial charge in [-0.05, 0) is 49.7 Å². The van der Waals surface area contributed by atoms with Gasteiger partial charge in [-0.15, -0.1) is 4.91 Å². The summed E-state index contributed by atoms with van der Waals surface area (Å²) >= 11 is 0. The molecule has 0 unspecified atom stereocenters. The van der Waals surface area contributed by atoms with Gasteiger partial charge in [0.2, 0.25) is 0 Å². The first kappa shape index (κ1) is 15.8. The molecule has 108 valence electrons. The number of carbonyl (C=O) groups is 1. The highest BCUT2D eigenvalue weighted by molar-refractivity contribution is 5.68. The number of nitrogens with one attached hydrogen (secondary N) is 1. The van der Waals surface area contributed by atoms with Crippen LogP contribution in [0.2, 0.25) is 0 Å². The average Bonchev–Trinajstić information content (AvgIpc) is 2.32. The van der Waals surface area contributed by atoms with Crippen molar-refractivity contribution in [3.63, 3.8) is 0 Å². The number of benzene rings is 1. The molecular weight excluding hydrogens is 263 g/mol. The molecule has 0 aliphatic rings. The van der Waals surface area contributed by atoms with Gasteiger partial charge in [-0.2, -0.15) is 0 Å². The summed E-state index contributed by atoms with van der Waals surface area (Å²) in [6.45, 7) is 5.10. The number of alkyl carbamates (subject to hydrolysis) is 1. The fourth-order valence-corrected chi connectivity index (χ4v) is 1.38. The second-order valence-corrected chi connectivity index (χ2v) is 5.14. The van der Waals surface area contributed by atoms with E-state index in [-0.39, 0.29) is 12.2 Å². The van der Waals surface area contributed by atoms with Gasteiger partial charge in [-0.3, -0.25) is 0 Å². The van der Waals surface area contributed by atoms with Gasteiger partial charge in [0.25, 0.3) is 0 Å². The van der Waals surface area contributed by atoms with Crippen LogP contribution < -0.4 is 5.32 Å². The van der Waals surface area contributed by atoms with E-state index in [0.717, 1.165) is 0 Å². The predicted molar refractivity (Wildman–Crippen MR) is 74.4 cm³/mol. The van der Waals surface area contributed by atoms with Crippen molar-refractivity contribution < 1.29 is 13.9 Å². The van der Waals surface area contributed by atoms with Gasteiger partial charge < -0.3 is 10.1 Å². The number of hydrogen-bond acceptors (Lipinski definition) is 4. The third-order valence-corrected chi connectivity index (χ3v) is 2.11. The number of ether oxygens (including phenoxy) is 1. The molecule has 0 saturated heterocycles. The van der Waals surface area contributed by atoms with Gasteiger partial charge in [0.15, 0.2) is 0 Å². The van der Waals surface area contributed by atoms with E-state index in [0.29, 0.717) is 5.56 Å². The molecule has 0 aliphatic heterocycles. The lowest BCUT2D eigenvalue weighted by Gasteiger charge is -2.19. The maximum Gasteiger partial charge on any atom is 0.407 e. The van der Waals surface area contributed by atoms with Gasteiger partial charge in [0.1, 0.15) is 17.1 Å². The second kappa shape index (κ2) is 6.79. The van der Waals surface area contributed by atoms with Crippen molar-refractivity contribution in [3.05, 3.63) is 46.3 Å². The Morgan fingerprint density at radius 2 is 2.15 bits per heavy atom. The lowest BCUT2D eigenvalue weighted by Crippen LogP contribution is -2.33. The van der Waals surface area contributed by atoms with E-state index in [1.165, 1.54) is 24.3 Å². The van der Waals surface area contributed by atoms with Gasteiger partial charge in [0, 0.05) is 0 Å². The Balaban J connectivity index is 2.64. The highest BCUT2D eigenvalue weighted by Gasteiger charge is 2.16. The maximum absolute atomic E-state index is 13.0. The fraction of sp³-hybridized carbons (Fsp3) is 0.357. The van der Waals surface area contributed by atoms with E-state index < -0.39 is 17.5 Å². The van der Waals surface area contributed by atoms with Gasteiger partial charge >= 0.3 is 6.09 Å². The summed E-state index contributed by atoms with van der Waals surface area (Å²) in [6.07, 6.45) is 0.749. The Bertz CT molecular complexity index is 521. The number of nitroso groups, excluding NO2 is 1. The summed E-state index contributed by atoms with van der Waals surface area (Å²) in [4.78, 5) is 22.1. The van der Waals surface area contributed by atoms with Crippen LogP contribution in [0.5, 0.6) is 0 Å². The monoisotopic (exact) mass is 280 g/mol. The molecule has 6 heteroatoms. The average molecular weight is 280 g/mol. The highest BCUT2D eigenvalue weighted by Crippen LogP contribution is 2.10. The zero-order valence-electron chi connectivity index (χ0n) is 11.6. The van der Waals surface area contributed by atoms with Crippen LogP contribution >= 0.6 is 0 Å². The van der Waals surface area contributed by atoms with Crippen molar-refractivity contribution in [3.8, 4) is 0 Å². The first-order chi connectivity index (χ1) is 9.30.